The standard InChI is InChI=1S/C10H13FN2O4/c1-6-2-7(13(16)17)3-9(11)10(6)12-4-8(15)5-14/h2-3,8,12,14-15H,4-5H2,1H3. The van der Waals surface area contributed by atoms with Crippen molar-refractivity contribution in [3.05, 3.63) is 33.6 Å². The minimum Gasteiger partial charge on any atom is -0.394 e. The fraction of sp³-hybridized carbons (Fsp3) is 0.400. The Labute approximate surface area is 96.8 Å². The molecule has 0 bridgehead atoms. The predicted octanol–water partition coefficient (Wildman–Crippen LogP) is 0.807. The predicted molar refractivity (Wildman–Crippen MR) is 59.4 cm³/mol. The lowest BCUT2D eigenvalue weighted by molar-refractivity contribution is -0.385. The van der Waals surface area contributed by atoms with Crippen LogP contribution in [0.5, 0.6) is 0 Å². The van der Waals surface area contributed by atoms with Crippen LogP contribution in [0.4, 0.5) is 15.8 Å². The maximum Gasteiger partial charge on any atom is 0.272 e. The van der Waals surface area contributed by atoms with Crippen LogP contribution in [0.25, 0.3) is 0 Å². The molecule has 0 saturated carbocycles. The van der Waals surface area contributed by atoms with Crippen molar-refractivity contribution in [3.8, 4) is 0 Å². The third kappa shape index (κ3) is 3.36. The van der Waals surface area contributed by atoms with E-state index >= 15 is 0 Å². The van der Waals surface area contributed by atoms with E-state index in [1.807, 2.05) is 0 Å². The number of hydrogen-bond donors (Lipinski definition) is 3. The minimum absolute atomic E-state index is 0.0356. The lowest BCUT2D eigenvalue weighted by Gasteiger charge is -2.13. The summed E-state index contributed by atoms with van der Waals surface area (Å²) in [5, 5.41) is 30.8. The van der Waals surface area contributed by atoms with Crippen LogP contribution in [0.15, 0.2) is 12.1 Å². The first-order chi connectivity index (χ1) is 7.95. The normalized spacial score (nSPS) is 12.2. The maximum absolute atomic E-state index is 13.5. The zero-order valence-electron chi connectivity index (χ0n) is 9.18. The summed E-state index contributed by atoms with van der Waals surface area (Å²) >= 11 is 0. The number of nitrogens with one attached hydrogen (secondary N) is 1. The Balaban J connectivity index is 2.90. The van der Waals surface area contributed by atoms with Gasteiger partial charge in [0.25, 0.3) is 5.69 Å². The van der Waals surface area contributed by atoms with E-state index in [9.17, 15) is 14.5 Å². The van der Waals surface area contributed by atoms with E-state index in [4.69, 9.17) is 10.2 Å². The number of aliphatic hydroxyl groups is 2. The van der Waals surface area contributed by atoms with Crippen LogP contribution in [0.3, 0.4) is 0 Å². The summed E-state index contributed by atoms with van der Waals surface area (Å²) in [4.78, 5) is 9.80. The van der Waals surface area contributed by atoms with Gasteiger partial charge in [-0.1, -0.05) is 0 Å². The lowest BCUT2D eigenvalue weighted by Crippen LogP contribution is -2.23. The van der Waals surface area contributed by atoms with E-state index in [1.54, 1.807) is 0 Å². The summed E-state index contributed by atoms with van der Waals surface area (Å²) in [6.07, 6.45) is -1.01. The lowest BCUT2D eigenvalue weighted by atomic mass is 10.1. The van der Waals surface area contributed by atoms with Crippen molar-refractivity contribution < 1.29 is 19.5 Å². The second-order valence-electron chi connectivity index (χ2n) is 3.59. The molecule has 1 aromatic rings. The molecular weight excluding hydrogens is 231 g/mol. The highest BCUT2D eigenvalue weighted by Crippen LogP contribution is 2.25. The Kier molecular flexibility index (Phi) is 4.36. The molecule has 0 heterocycles. The van der Waals surface area contributed by atoms with Crippen LogP contribution in [-0.2, 0) is 0 Å². The van der Waals surface area contributed by atoms with Gasteiger partial charge in [0.1, 0.15) is 0 Å². The summed E-state index contributed by atoms with van der Waals surface area (Å²) in [7, 11) is 0. The van der Waals surface area contributed by atoms with Crippen LogP contribution >= 0.6 is 0 Å². The van der Waals surface area contributed by atoms with Crippen molar-refractivity contribution >= 4 is 11.4 Å². The molecule has 0 saturated heterocycles. The highest BCUT2D eigenvalue weighted by molar-refractivity contribution is 5.56. The summed E-state index contributed by atoms with van der Waals surface area (Å²) in [6, 6.07) is 2.04. The molecule has 17 heavy (non-hydrogen) atoms. The fourth-order valence-corrected chi connectivity index (χ4v) is 1.34. The Morgan fingerprint density at radius 1 is 1.59 bits per heavy atom. The van der Waals surface area contributed by atoms with E-state index in [0.717, 1.165) is 6.07 Å². The van der Waals surface area contributed by atoms with Gasteiger partial charge in [0.2, 0.25) is 0 Å². The third-order valence-electron chi connectivity index (χ3n) is 2.21. The SMILES string of the molecule is Cc1cc([N+](=O)[O-])cc(F)c1NCC(O)CO. The zero-order valence-corrected chi connectivity index (χ0v) is 9.18. The molecule has 0 fully saturated rings. The van der Waals surface area contributed by atoms with Crippen LogP contribution in [0.1, 0.15) is 5.56 Å². The number of rotatable bonds is 5. The fourth-order valence-electron chi connectivity index (χ4n) is 1.34. The zero-order chi connectivity index (χ0) is 13.0. The van der Waals surface area contributed by atoms with E-state index in [0.29, 0.717) is 5.56 Å². The first kappa shape index (κ1) is 13.3. The van der Waals surface area contributed by atoms with Gasteiger partial charge < -0.3 is 15.5 Å². The minimum atomic E-state index is -1.01. The topological polar surface area (TPSA) is 95.6 Å². The molecule has 0 radical (unpaired) electrons. The number of nitrogens with zero attached hydrogens (tertiary/aromatic N) is 1. The number of aliphatic hydroxyl groups excluding tert-OH is 2. The summed E-state index contributed by atoms with van der Waals surface area (Å²) in [5.41, 5.74) is 0.123. The molecule has 6 nitrogen and oxygen atoms in total. The highest BCUT2D eigenvalue weighted by Gasteiger charge is 2.14. The quantitative estimate of drug-likeness (QED) is 0.526. The maximum atomic E-state index is 13.5. The molecule has 0 spiro atoms. The van der Waals surface area contributed by atoms with Crippen molar-refractivity contribution in [1.82, 2.24) is 0 Å². The van der Waals surface area contributed by atoms with Crippen LogP contribution in [0.2, 0.25) is 0 Å². The monoisotopic (exact) mass is 244 g/mol. The first-order valence-electron chi connectivity index (χ1n) is 4.93. The number of nitro groups is 1. The number of benzene rings is 1. The van der Waals surface area contributed by atoms with Crippen LogP contribution < -0.4 is 5.32 Å². The number of nitro benzene ring substituents is 1. The third-order valence-corrected chi connectivity index (χ3v) is 2.21. The Morgan fingerprint density at radius 3 is 2.71 bits per heavy atom. The van der Waals surface area contributed by atoms with Gasteiger partial charge in [0.15, 0.2) is 5.82 Å². The molecule has 0 aromatic heterocycles. The second-order valence-corrected chi connectivity index (χ2v) is 3.59. The number of halogens is 1. The average molecular weight is 244 g/mol. The van der Waals surface area contributed by atoms with Gasteiger partial charge in [-0.25, -0.2) is 4.39 Å². The number of aryl methyl sites for hydroxylation is 1. The molecule has 94 valence electrons. The number of non-ortho nitro benzene ring substituents is 1. The van der Waals surface area contributed by atoms with E-state index in [1.165, 1.54) is 13.0 Å². The van der Waals surface area contributed by atoms with Gasteiger partial charge in [-0.05, 0) is 12.5 Å². The van der Waals surface area contributed by atoms with Crippen molar-refractivity contribution in [1.29, 1.82) is 0 Å². The van der Waals surface area contributed by atoms with Gasteiger partial charge in [-0.15, -0.1) is 0 Å². The van der Waals surface area contributed by atoms with Gasteiger partial charge in [0, 0.05) is 12.6 Å². The van der Waals surface area contributed by atoms with Crippen molar-refractivity contribution in [3.63, 3.8) is 0 Å². The average Bonchev–Trinajstić information content (AvgIpc) is 2.27. The second kappa shape index (κ2) is 5.55. The molecule has 1 rings (SSSR count). The summed E-state index contributed by atoms with van der Waals surface area (Å²) in [6.45, 7) is 1.04. The Hall–Kier alpha value is -1.73. The summed E-state index contributed by atoms with van der Waals surface area (Å²) in [5.74, 6) is -0.762. The smallest absolute Gasteiger partial charge is 0.272 e. The Morgan fingerprint density at radius 2 is 2.24 bits per heavy atom. The molecule has 0 amide bonds. The highest BCUT2D eigenvalue weighted by atomic mass is 19.1. The molecule has 1 unspecified atom stereocenters. The van der Waals surface area contributed by atoms with Crippen molar-refractivity contribution in [2.75, 3.05) is 18.5 Å². The number of hydrogen-bond acceptors (Lipinski definition) is 5. The Bertz CT molecular complexity index is 402. The number of anilines is 1. The van der Waals surface area contributed by atoms with Gasteiger partial charge >= 0.3 is 0 Å². The van der Waals surface area contributed by atoms with E-state index < -0.39 is 23.5 Å². The molecule has 1 aromatic carbocycles. The largest absolute Gasteiger partial charge is 0.394 e. The molecule has 7 heteroatoms. The molecular formula is C10H13FN2O4. The molecule has 1 atom stereocenters. The summed E-state index contributed by atoms with van der Waals surface area (Å²) < 4.78 is 13.5. The van der Waals surface area contributed by atoms with Gasteiger partial charge in [-0.2, -0.15) is 0 Å². The van der Waals surface area contributed by atoms with Crippen molar-refractivity contribution in [2.24, 2.45) is 0 Å². The van der Waals surface area contributed by atoms with E-state index in [2.05, 4.69) is 5.32 Å². The first-order valence-corrected chi connectivity index (χ1v) is 4.93. The van der Waals surface area contributed by atoms with Crippen LogP contribution in [0, 0.1) is 22.9 Å². The molecule has 0 aliphatic heterocycles. The van der Waals surface area contributed by atoms with E-state index in [-0.39, 0.29) is 17.9 Å². The molecule has 0 aliphatic carbocycles. The molecule has 3 N–H and O–H groups in total. The van der Waals surface area contributed by atoms with Gasteiger partial charge in [0.05, 0.1) is 29.4 Å². The van der Waals surface area contributed by atoms with Crippen molar-refractivity contribution in [2.45, 2.75) is 13.0 Å². The molecule has 0 aliphatic rings. The van der Waals surface area contributed by atoms with Crippen LogP contribution in [-0.4, -0.2) is 34.4 Å². The van der Waals surface area contributed by atoms with Gasteiger partial charge in [-0.3, -0.25) is 10.1 Å².